The summed E-state index contributed by atoms with van der Waals surface area (Å²) in [4.78, 5) is 11.1. The monoisotopic (exact) mass is 332 g/mol. The molecule has 4 N–H and O–H groups in total. The van der Waals surface area contributed by atoms with Crippen molar-refractivity contribution in [3.63, 3.8) is 0 Å². The minimum atomic E-state index is -1.71. The molecule has 1 aliphatic heterocycles. The lowest BCUT2D eigenvalue weighted by molar-refractivity contribution is -0.316. The number of hydrogen-bond acceptors (Lipinski definition) is 6. The third-order valence-electron chi connectivity index (χ3n) is 4.09. The van der Waals surface area contributed by atoms with Crippen LogP contribution in [0.3, 0.4) is 0 Å². The molecule has 0 spiro atoms. The van der Waals surface area contributed by atoms with Gasteiger partial charge in [-0.2, -0.15) is 0 Å². The number of carbonyl (C=O) groups is 1. The van der Waals surface area contributed by atoms with Crippen LogP contribution in [0.2, 0.25) is 0 Å². The summed E-state index contributed by atoms with van der Waals surface area (Å²) in [5.41, 5.74) is -0.683. The summed E-state index contributed by atoms with van der Waals surface area (Å²) in [6.45, 7) is 9.39. The minimum absolute atomic E-state index is 0.385. The fourth-order valence-corrected chi connectivity index (χ4v) is 2.49. The Morgan fingerprint density at radius 3 is 2.43 bits per heavy atom. The van der Waals surface area contributed by atoms with Crippen LogP contribution in [-0.2, 0) is 14.3 Å². The van der Waals surface area contributed by atoms with Gasteiger partial charge >= 0.3 is 5.97 Å². The van der Waals surface area contributed by atoms with E-state index in [0.29, 0.717) is 12.3 Å². The van der Waals surface area contributed by atoms with Gasteiger partial charge in [-0.1, -0.05) is 19.4 Å². The molecule has 1 saturated heterocycles. The first-order valence-electron chi connectivity index (χ1n) is 7.82. The van der Waals surface area contributed by atoms with E-state index in [1.165, 1.54) is 0 Å². The molecule has 1 aliphatic rings. The second-order valence-corrected chi connectivity index (χ2v) is 6.72. The molecule has 1 fully saturated rings. The van der Waals surface area contributed by atoms with Gasteiger partial charge in [0.15, 0.2) is 12.4 Å². The third-order valence-corrected chi connectivity index (χ3v) is 4.09. The molecule has 0 aliphatic carbocycles. The van der Waals surface area contributed by atoms with Gasteiger partial charge in [-0.3, -0.25) is 0 Å². The van der Waals surface area contributed by atoms with Crippen molar-refractivity contribution in [2.75, 3.05) is 0 Å². The fourth-order valence-electron chi connectivity index (χ4n) is 2.49. The third kappa shape index (κ3) is 5.54. The Bertz CT molecular complexity index is 409. The molecule has 0 bridgehead atoms. The van der Waals surface area contributed by atoms with Crippen molar-refractivity contribution in [1.29, 1.82) is 0 Å². The first kappa shape index (κ1) is 20.1. The van der Waals surface area contributed by atoms with Crippen LogP contribution in [0, 0.1) is 5.92 Å². The predicted octanol–water partition coefficient (Wildman–Crippen LogP) is 0.666. The highest BCUT2D eigenvalue weighted by molar-refractivity contribution is 5.73. The Morgan fingerprint density at radius 2 is 1.91 bits per heavy atom. The van der Waals surface area contributed by atoms with E-state index < -0.39 is 42.3 Å². The molecule has 23 heavy (non-hydrogen) atoms. The van der Waals surface area contributed by atoms with Crippen LogP contribution in [0.5, 0.6) is 0 Å². The zero-order valence-electron chi connectivity index (χ0n) is 13.9. The Balaban J connectivity index is 2.65. The summed E-state index contributed by atoms with van der Waals surface area (Å²) in [6, 6.07) is 0. The van der Waals surface area contributed by atoms with Crippen LogP contribution >= 0.6 is 0 Å². The summed E-state index contributed by atoms with van der Waals surface area (Å²) < 4.78 is 10.8. The van der Waals surface area contributed by atoms with E-state index in [4.69, 9.17) is 14.6 Å². The van der Waals surface area contributed by atoms with E-state index in [-0.39, 0.29) is 0 Å². The van der Waals surface area contributed by atoms with Crippen LogP contribution in [0.25, 0.3) is 0 Å². The van der Waals surface area contributed by atoms with Gasteiger partial charge in [-0.05, 0) is 32.6 Å². The number of ether oxygens (including phenoxy) is 2. The van der Waals surface area contributed by atoms with E-state index in [2.05, 4.69) is 13.5 Å². The van der Waals surface area contributed by atoms with E-state index in [9.17, 15) is 20.1 Å². The summed E-state index contributed by atoms with van der Waals surface area (Å²) >= 11 is 0. The summed E-state index contributed by atoms with van der Waals surface area (Å²) in [6.07, 6.45) is -3.51. The Morgan fingerprint density at radius 1 is 1.30 bits per heavy atom. The van der Waals surface area contributed by atoms with Gasteiger partial charge in [0.05, 0.1) is 5.60 Å². The van der Waals surface area contributed by atoms with E-state index in [0.717, 1.165) is 12.8 Å². The Kier molecular flexibility index (Phi) is 7.16. The van der Waals surface area contributed by atoms with Crippen LogP contribution in [0.4, 0.5) is 0 Å². The lowest BCUT2D eigenvalue weighted by atomic mass is 9.95. The molecule has 0 amide bonds. The van der Waals surface area contributed by atoms with Crippen LogP contribution in [0.15, 0.2) is 12.7 Å². The summed E-state index contributed by atoms with van der Waals surface area (Å²) in [5, 5.41) is 38.4. The van der Waals surface area contributed by atoms with Crippen molar-refractivity contribution in [3.8, 4) is 0 Å². The first-order valence-corrected chi connectivity index (χ1v) is 7.82. The molecule has 0 aromatic heterocycles. The summed E-state index contributed by atoms with van der Waals surface area (Å²) in [7, 11) is 0. The second-order valence-electron chi connectivity index (χ2n) is 6.72. The maximum absolute atomic E-state index is 11.1. The quantitative estimate of drug-likeness (QED) is 0.483. The van der Waals surface area contributed by atoms with Crippen molar-refractivity contribution in [2.24, 2.45) is 5.92 Å². The number of allylic oxidation sites excluding steroid dienone is 1. The molecule has 0 aromatic rings. The molecular weight excluding hydrogens is 304 g/mol. The molecular formula is C16H28O7. The topological polar surface area (TPSA) is 116 Å². The molecule has 6 atom stereocenters. The van der Waals surface area contributed by atoms with Crippen LogP contribution in [0.1, 0.15) is 40.0 Å². The normalized spacial score (nSPS) is 33.2. The molecule has 134 valence electrons. The molecule has 0 radical (unpaired) electrons. The largest absolute Gasteiger partial charge is 0.479 e. The van der Waals surface area contributed by atoms with Gasteiger partial charge in [0, 0.05) is 0 Å². The number of carboxylic acids is 1. The molecule has 1 rings (SSSR count). The standard InChI is InChI=1S/C16H28O7/c1-5-9(2)7-6-8-16(3,4)23-15-12(19)10(17)11(18)13(22-15)14(20)21/h5,9-13,15,17-19H,1,6-8H2,2-4H3,(H,20,21)/t9?,10-,11-,12+,13-,15?/m0/s1. The van der Waals surface area contributed by atoms with E-state index >= 15 is 0 Å². The van der Waals surface area contributed by atoms with Gasteiger partial charge < -0.3 is 29.9 Å². The minimum Gasteiger partial charge on any atom is -0.479 e. The zero-order chi connectivity index (χ0) is 17.8. The maximum Gasteiger partial charge on any atom is 0.335 e. The number of hydrogen-bond donors (Lipinski definition) is 4. The first-order chi connectivity index (χ1) is 10.6. The highest BCUT2D eigenvalue weighted by Crippen LogP contribution is 2.28. The lowest BCUT2D eigenvalue weighted by Gasteiger charge is -2.41. The number of aliphatic carboxylic acids is 1. The van der Waals surface area contributed by atoms with Crippen molar-refractivity contribution in [1.82, 2.24) is 0 Å². The molecule has 2 unspecified atom stereocenters. The fraction of sp³-hybridized carbons (Fsp3) is 0.812. The average molecular weight is 332 g/mol. The van der Waals surface area contributed by atoms with Gasteiger partial charge in [0.1, 0.15) is 18.3 Å². The lowest BCUT2D eigenvalue weighted by Crippen LogP contribution is -2.61. The van der Waals surface area contributed by atoms with Crippen molar-refractivity contribution >= 4 is 5.97 Å². The molecule has 0 aromatic carbocycles. The number of aliphatic hydroxyl groups excluding tert-OH is 3. The van der Waals surface area contributed by atoms with Crippen LogP contribution in [-0.4, -0.2) is 62.7 Å². The number of carboxylic acid groups (broad SMARTS) is 1. The number of aliphatic hydroxyl groups is 3. The molecule has 7 heteroatoms. The molecule has 0 saturated carbocycles. The highest BCUT2D eigenvalue weighted by atomic mass is 16.7. The van der Waals surface area contributed by atoms with E-state index in [1.54, 1.807) is 13.8 Å². The zero-order valence-corrected chi connectivity index (χ0v) is 13.9. The molecule has 1 heterocycles. The van der Waals surface area contributed by atoms with Crippen LogP contribution < -0.4 is 0 Å². The van der Waals surface area contributed by atoms with Gasteiger partial charge in [-0.25, -0.2) is 4.79 Å². The van der Waals surface area contributed by atoms with Gasteiger partial charge in [0.25, 0.3) is 0 Å². The van der Waals surface area contributed by atoms with Crippen molar-refractivity contribution in [2.45, 2.75) is 76.3 Å². The average Bonchev–Trinajstić information content (AvgIpc) is 2.46. The van der Waals surface area contributed by atoms with Gasteiger partial charge in [0.2, 0.25) is 0 Å². The summed E-state index contributed by atoms with van der Waals surface area (Å²) in [5.74, 6) is -1.04. The Hall–Kier alpha value is -0.990. The van der Waals surface area contributed by atoms with Crippen molar-refractivity contribution in [3.05, 3.63) is 12.7 Å². The maximum atomic E-state index is 11.1. The predicted molar refractivity (Wildman–Crippen MR) is 82.7 cm³/mol. The smallest absolute Gasteiger partial charge is 0.335 e. The molecule has 7 nitrogen and oxygen atoms in total. The van der Waals surface area contributed by atoms with Crippen molar-refractivity contribution < 1.29 is 34.7 Å². The highest BCUT2D eigenvalue weighted by Gasteiger charge is 2.48. The van der Waals surface area contributed by atoms with E-state index in [1.807, 2.05) is 6.08 Å². The Labute approximate surface area is 136 Å². The number of rotatable bonds is 8. The SMILES string of the molecule is C=CC(C)CCCC(C)(C)OC1O[C@H](C(=O)O)[C@@H](O)[C@H](O)[C@H]1O. The van der Waals surface area contributed by atoms with Gasteiger partial charge in [-0.15, -0.1) is 6.58 Å². The second kappa shape index (κ2) is 8.21.